The van der Waals surface area contributed by atoms with Gasteiger partial charge in [-0.25, -0.2) is 9.13 Å². The summed E-state index contributed by atoms with van der Waals surface area (Å²) in [5.41, 5.74) is 11.4. The molecule has 0 radical (unpaired) electrons. The van der Waals surface area contributed by atoms with E-state index in [1.807, 2.05) is 24.5 Å². The SMILES string of the molecule is Cc1c(C)c(C)c(C[n+]2ccn(-c3cc4cccnc4c4ncccc34)c2)c(C)c1C.[Br-]. The normalized spacial score (nSPS) is 11.2. The van der Waals surface area contributed by atoms with Crippen LogP contribution in [0.5, 0.6) is 0 Å². The van der Waals surface area contributed by atoms with Crippen LogP contribution in [0.15, 0.2) is 61.4 Å². The van der Waals surface area contributed by atoms with E-state index in [9.17, 15) is 0 Å². The summed E-state index contributed by atoms with van der Waals surface area (Å²) < 4.78 is 4.45. The third kappa shape index (κ3) is 3.51. The first kappa shape index (κ1) is 22.2. The van der Waals surface area contributed by atoms with Gasteiger partial charge in [0.2, 0.25) is 6.33 Å². The van der Waals surface area contributed by atoms with E-state index in [2.05, 4.69) is 90.6 Å². The van der Waals surface area contributed by atoms with Crippen molar-refractivity contribution in [1.82, 2.24) is 14.5 Å². The van der Waals surface area contributed by atoms with Crippen molar-refractivity contribution in [3.8, 4) is 5.69 Å². The zero-order valence-electron chi connectivity index (χ0n) is 19.1. The van der Waals surface area contributed by atoms with E-state index < -0.39 is 0 Å². The van der Waals surface area contributed by atoms with Gasteiger partial charge in [-0.15, -0.1) is 0 Å². The number of aromatic nitrogens is 4. The number of fused-ring (bicyclic) bond motifs is 3. The lowest BCUT2D eigenvalue weighted by molar-refractivity contribution is -0.687. The van der Waals surface area contributed by atoms with Crippen molar-refractivity contribution >= 4 is 21.8 Å². The molecule has 5 aromatic rings. The fraction of sp³-hybridized carbons (Fsp3) is 0.222. The van der Waals surface area contributed by atoms with Gasteiger partial charge < -0.3 is 17.0 Å². The minimum Gasteiger partial charge on any atom is -1.00 e. The monoisotopic (exact) mass is 486 g/mol. The molecular weight excluding hydrogens is 460 g/mol. The molecule has 0 aliphatic rings. The number of halogens is 1. The quantitative estimate of drug-likeness (QED) is 0.290. The average molecular weight is 487 g/mol. The van der Waals surface area contributed by atoms with Crippen LogP contribution in [0.3, 0.4) is 0 Å². The maximum atomic E-state index is 4.64. The fourth-order valence-electron chi connectivity index (χ4n) is 4.60. The number of hydrogen-bond donors (Lipinski definition) is 0. The Labute approximate surface area is 199 Å². The average Bonchev–Trinajstić information content (AvgIpc) is 3.27. The highest BCUT2D eigenvalue weighted by Crippen LogP contribution is 2.28. The highest BCUT2D eigenvalue weighted by Gasteiger charge is 2.17. The Morgan fingerprint density at radius 1 is 0.812 bits per heavy atom. The highest BCUT2D eigenvalue weighted by atomic mass is 79.9. The number of hydrogen-bond acceptors (Lipinski definition) is 2. The molecule has 162 valence electrons. The minimum atomic E-state index is 0. The molecule has 0 atom stereocenters. The van der Waals surface area contributed by atoms with Crippen LogP contribution in [0.25, 0.3) is 27.5 Å². The van der Waals surface area contributed by atoms with Crippen LogP contribution >= 0.6 is 0 Å². The van der Waals surface area contributed by atoms with E-state index in [0.29, 0.717) is 0 Å². The summed E-state index contributed by atoms with van der Waals surface area (Å²) in [5, 5.41) is 2.20. The van der Waals surface area contributed by atoms with Crippen LogP contribution in [0.1, 0.15) is 33.4 Å². The Kier molecular flexibility index (Phi) is 5.87. The van der Waals surface area contributed by atoms with Crippen LogP contribution < -0.4 is 21.5 Å². The molecule has 0 saturated carbocycles. The summed E-state index contributed by atoms with van der Waals surface area (Å²) in [4.78, 5) is 9.21. The lowest BCUT2D eigenvalue weighted by atomic mass is 9.89. The second kappa shape index (κ2) is 8.47. The molecule has 0 amide bonds. The van der Waals surface area contributed by atoms with Gasteiger partial charge in [-0.2, -0.15) is 0 Å². The van der Waals surface area contributed by atoms with Crippen molar-refractivity contribution in [2.75, 3.05) is 0 Å². The van der Waals surface area contributed by atoms with Crippen LogP contribution in [0, 0.1) is 34.6 Å². The van der Waals surface area contributed by atoms with E-state index in [4.69, 9.17) is 0 Å². The minimum absolute atomic E-state index is 0. The molecule has 4 nitrogen and oxygen atoms in total. The van der Waals surface area contributed by atoms with Gasteiger partial charge in [0.15, 0.2) is 0 Å². The van der Waals surface area contributed by atoms with E-state index >= 15 is 0 Å². The van der Waals surface area contributed by atoms with Crippen LogP contribution in [-0.4, -0.2) is 14.5 Å². The number of benzene rings is 2. The van der Waals surface area contributed by atoms with Crippen molar-refractivity contribution in [1.29, 1.82) is 0 Å². The highest BCUT2D eigenvalue weighted by molar-refractivity contribution is 6.06. The third-order valence-electron chi connectivity index (χ3n) is 6.90. The smallest absolute Gasteiger partial charge is 0.249 e. The first-order valence-corrected chi connectivity index (χ1v) is 10.7. The van der Waals surface area contributed by atoms with Crippen LogP contribution in [0.4, 0.5) is 0 Å². The fourth-order valence-corrected chi connectivity index (χ4v) is 4.60. The Hall–Kier alpha value is -3.05. The van der Waals surface area contributed by atoms with Crippen LogP contribution in [-0.2, 0) is 6.54 Å². The van der Waals surface area contributed by atoms with Crippen molar-refractivity contribution in [3.63, 3.8) is 0 Å². The van der Waals surface area contributed by atoms with Gasteiger partial charge in [-0.3, -0.25) is 9.97 Å². The topological polar surface area (TPSA) is 34.6 Å². The molecular formula is C27H27BrN4. The Morgan fingerprint density at radius 2 is 1.44 bits per heavy atom. The zero-order valence-corrected chi connectivity index (χ0v) is 20.7. The third-order valence-corrected chi connectivity index (χ3v) is 6.90. The van der Waals surface area contributed by atoms with E-state index in [1.54, 1.807) is 0 Å². The second-order valence-electron chi connectivity index (χ2n) is 8.47. The molecule has 0 unspecified atom stereocenters. The summed E-state index contributed by atoms with van der Waals surface area (Å²) in [6.45, 7) is 12.1. The standard InChI is InChI=1S/C27H27N4.BrH/c1-17-18(2)20(4)24(21(5)19(17)3)15-30-12-13-31(16-30)25-14-22-8-6-10-28-26(22)27-23(25)9-7-11-29-27;/h6-14,16H,15H2,1-5H3;1H/q+1;/p-1. The molecule has 0 bridgehead atoms. The molecule has 5 heteroatoms. The first-order valence-electron chi connectivity index (χ1n) is 10.7. The largest absolute Gasteiger partial charge is 1.00 e. The molecule has 3 aromatic heterocycles. The predicted octanol–water partition coefficient (Wildman–Crippen LogP) is 2.46. The lowest BCUT2D eigenvalue weighted by Gasteiger charge is -2.17. The maximum absolute atomic E-state index is 4.64. The van der Waals surface area contributed by atoms with Crippen molar-refractivity contribution in [2.45, 2.75) is 41.2 Å². The molecule has 32 heavy (non-hydrogen) atoms. The summed E-state index contributed by atoms with van der Waals surface area (Å²) >= 11 is 0. The molecule has 0 aliphatic heterocycles. The van der Waals surface area contributed by atoms with Crippen molar-refractivity contribution in [3.05, 3.63) is 94.8 Å². The Balaban J connectivity index is 0.00000245. The van der Waals surface area contributed by atoms with Gasteiger partial charge in [0.25, 0.3) is 0 Å². The van der Waals surface area contributed by atoms with E-state index in [1.165, 1.54) is 33.4 Å². The van der Waals surface area contributed by atoms with E-state index in [-0.39, 0.29) is 17.0 Å². The summed E-state index contributed by atoms with van der Waals surface area (Å²) in [6, 6.07) is 10.4. The molecule has 0 spiro atoms. The molecule has 2 aromatic carbocycles. The Morgan fingerprint density at radius 3 is 2.16 bits per heavy atom. The van der Waals surface area contributed by atoms with Crippen molar-refractivity contribution < 1.29 is 21.5 Å². The number of nitrogens with zero attached hydrogens (tertiary/aromatic N) is 4. The first-order chi connectivity index (χ1) is 15.0. The second-order valence-corrected chi connectivity index (χ2v) is 8.47. The summed E-state index contributed by atoms with van der Waals surface area (Å²) in [6.07, 6.45) is 10.1. The van der Waals surface area contributed by atoms with Gasteiger partial charge >= 0.3 is 0 Å². The van der Waals surface area contributed by atoms with Gasteiger partial charge in [-0.05, 0) is 92.3 Å². The Bertz CT molecular complexity index is 1440. The molecule has 0 fully saturated rings. The molecule has 3 heterocycles. The number of rotatable bonds is 3. The van der Waals surface area contributed by atoms with Gasteiger partial charge in [0.05, 0.1) is 5.52 Å². The summed E-state index contributed by atoms with van der Waals surface area (Å²) in [7, 11) is 0. The van der Waals surface area contributed by atoms with E-state index in [0.717, 1.165) is 34.0 Å². The predicted molar refractivity (Wildman–Crippen MR) is 126 cm³/mol. The lowest BCUT2D eigenvalue weighted by Crippen LogP contribution is -3.00. The van der Waals surface area contributed by atoms with Gasteiger partial charge in [0, 0.05) is 23.2 Å². The number of imidazole rings is 1. The summed E-state index contributed by atoms with van der Waals surface area (Å²) in [5.74, 6) is 0. The van der Waals surface area contributed by atoms with Crippen molar-refractivity contribution in [2.24, 2.45) is 0 Å². The van der Waals surface area contributed by atoms with Crippen LogP contribution in [0.2, 0.25) is 0 Å². The molecule has 0 N–H and O–H groups in total. The molecule has 0 saturated heterocycles. The van der Waals surface area contributed by atoms with Gasteiger partial charge in [-0.1, -0.05) is 6.07 Å². The number of pyridine rings is 2. The maximum Gasteiger partial charge on any atom is 0.249 e. The van der Waals surface area contributed by atoms with Gasteiger partial charge in [0.1, 0.15) is 30.1 Å². The molecule has 5 rings (SSSR count). The zero-order chi connectivity index (χ0) is 21.7. The molecule has 0 aliphatic carbocycles.